The molecule has 0 N–H and O–H groups in total. The minimum atomic E-state index is -0.324. The second-order valence-electron chi connectivity index (χ2n) is 7.85. The Hall–Kier alpha value is -3.05. The van der Waals surface area contributed by atoms with Gasteiger partial charge in [-0.2, -0.15) is 10.4 Å². The van der Waals surface area contributed by atoms with Crippen LogP contribution < -0.4 is 4.90 Å². The molecule has 30 heavy (non-hydrogen) atoms. The zero-order valence-electron chi connectivity index (χ0n) is 17.7. The van der Waals surface area contributed by atoms with E-state index < -0.39 is 0 Å². The molecule has 0 bridgehead atoms. The minimum absolute atomic E-state index is 0.298. The Bertz CT molecular complexity index is 987. The molecule has 0 saturated carbocycles. The van der Waals surface area contributed by atoms with E-state index in [9.17, 15) is 10.1 Å². The van der Waals surface area contributed by atoms with Gasteiger partial charge in [0.2, 0.25) is 0 Å². The molecular formula is C22H27N5O3. The number of rotatable bonds is 3. The summed E-state index contributed by atoms with van der Waals surface area (Å²) in [6.07, 6.45) is 2.28. The first-order valence-electron chi connectivity index (χ1n) is 10.3. The van der Waals surface area contributed by atoms with E-state index in [0.717, 1.165) is 55.1 Å². The molecule has 1 saturated heterocycles. The van der Waals surface area contributed by atoms with Gasteiger partial charge in [0, 0.05) is 50.2 Å². The van der Waals surface area contributed by atoms with Crippen LogP contribution in [0.3, 0.4) is 0 Å². The van der Waals surface area contributed by atoms with Gasteiger partial charge in [0.15, 0.2) is 5.82 Å². The molecule has 0 atom stereocenters. The van der Waals surface area contributed by atoms with Gasteiger partial charge in [0.25, 0.3) is 0 Å². The zero-order chi connectivity index (χ0) is 21.3. The van der Waals surface area contributed by atoms with E-state index in [1.54, 1.807) is 4.90 Å². The van der Waals surface area contributed by atoms with E-state index in [2.05, 4.69) is 10.8 Å². The standard InChI is InChI=1S/C22H27N5O3/c1-15-4-5-18(12-16(15)13-23)25(2)21-19-14-26(22(28)29-3)9-6-20(19)27(24-21)17-7-10-30-11-8-17/h4-5,12,17H,6-11,14H2,1-3H3. The Morgan fingerprint density at radius 1 is 1.37 bits per heavy atom. The number of anilines is 2. The summed E-state index contributed by atoms with van der Waals surface area (Å²) >= 11 is 0. The lowest BCUT2D eigenvalue weighted by Gasteiger charge is -2.29. The van der Waals surface area contributed by atoms with Crippen molar-refractivity contribution >= 4 is 17.6 Å². The quantitative estimate of drug-likeness (QED) is 0.773. The van der Waals surface area contributed by atoms with Crippen molar-refractivity contribution in [3.8, 4) is 6.07 Å². The topological polar surface area (TPSA) is 83.6 Å². The van der Waals surface area contributed by atoms with Gasteiger partial charge in [-0.05, 0) is 37.5 Å². The van der Waals surface area contributed by atoms with Gasteiger partial charge in [-0.15, -0.1) is 0 Å². The van der Waals surface area contributed by atoms with Gasteiger partial charge in [-0.3, -0.25) is 4.68 Å². The number of methoxy groups -OCH3 is 1. The number of fused-ring (bicyclic) bond motifs is 1. The molecule has 2 aliphatic heterocycles. The highest BCUT2D eigenvalue weighted by Gasteiger charge is 2.32. The normalized spacial score (nSPS) is 16.7. The van der Waals surface area contributed by atoms with Crippen LogP contribution in [-0.4, -0.2) is 54.7 Å². The van der Waals surface area contributed by atoms with E-state index in [-0.39, 0.29) is 6.09 Å². The largest absolute Gasteiger partial charge is 0.453 e. The number of nitrogens with zero attached hydrogens (tertiary/aromatic N) is 5. The molecule has 1 fully saturated rings. The van der Waals surface area contributed by atoms with Gasteiger partial charge in [-0.25, -0.2) is 4.79 Å². The Morgan fingerprint density at radius 3 is 2.83 bits per heavy atom. The summed E-state index contributed by atoms with van der Waals surface area (Å²) in [5, 5.41) is 14.4. The van der Waals surface area contributed by atoms with Crippen molar-refractivity contribution in [3.05, 3.63) is 40.6 Å². The van der Waals surface area contributed by atoms with E-state index in [1.807, 2.05) is 37.1 Å². The fourth-order valence-corrected chi connectivity index (χ4v) is 4.28. The second-order valence-corrected chi connectivity index (χ2v) is 7.85. The lowest BCUT2D eigenvalue weighted by molar-refractivity contribution is 0.0649. The Morgan fingerprint density at radius 2 is 2.13 bits per heavy atom. The van der Waals surface area contributed by atoms with Crippen LogP contribution >= 0.6 is 0 Å². The molecule has 158 valence electrons. The Balaban J connectivity index is 1.75. The molecule has 2 aliphatic rings. The second kappa shape index (κ2) is 8.36. The molecule has 0 spiro atoms. The fourth-order valence-electron chi connectivity index (χ4n) is 4.28. The van der Waals surface area contributed by atoms with Crippen LogP contribution in [0.4, 0.5) is 16.3 Å². The average molecular weight is 409 g/mol. The predicted octanol–water partition coefficient (Wildman–Crippen LogP) is 3.31. The summed E-state index contributed by atoms with van der Waals surface area (Å²) in [4.78, 5) is 15.9. The molecule has 0 radical (unpaired) electrons. The number of carbonyl (C=O) groups excluding carboxylic acids is 1. The molecule has 0 unspecified atom stereocenters. The van der Waals surface area contributed by atoms with Crippen LogP contribution in [-0.2, 0) is 22.4 Å². The van der Waals surface area contributed by atoms with Crippen molar-refractivity contribution in [2.45, 2.75) is 38.8 Å². The summed E-state index contributed by atoms with van der Waals surface area (Å²) in [7, 11) is 3.37. The molecule has 8 nitrogen and oxygen atoms in total. The number of hydrogen-bond donors (Lipinski definition) is 0. The summed E-state index contributed by atoms with van der Waals surface area (Å²) in [5.41, 5.74) is 4.71. The highest BCUT2D eigenvalue weighted by atomic mass is 16.5. The summed E-state index contributed by atoms with van der Waals surface area (Å²) in [6.45, 7) is 4.48. The first-order chi connectivity index (χ1) is 14.5. The van der Waals surface area contributed by atoms with E-state index in [0.29, 0.717) is 24.7 Å². The molecular weight excluding hydrogens is 382 g/mol. The molecule has 4 rings (SSSR count). The highest BCUT2D eigenvalue weighted by molar-refractivity contribution is 5.70. The summed E-state index contributed by atoms with van der Waals surface area (Å²) in [5.74, 6) is 0.817. The van der Waals surface area contributed by atoms with Gasteiger partial charge in [0.1, 0.15) is 0 Å². The van der Waals surface area contributed by atoms with Crippen LogP contribution in [0.1, 0.15) is 41.3 Å². The van der Waals surface area contributed by atoms with Crippen LogP contribution in [0, 0.1) is 18.3 Å². The van der Waals surface area contributed by atoms with Gasteiger partial charge < -0.3 is 19.3 Å². The number of aromatic nitrogens is 2. The summed E-state index contributed by atoms with van der Waals surface area (Å²) < 4.78 is 12.6. The number of nitriles is 1. The molecule has 2 aromatic rings. The zero-order valence-corrected chi connectivity index (χ0v) is 17.7. The maximum atomic E-state index is 12.2. The maximum absolute atomic E-state index is 12.2. The molecule has 1 aromatic carbocycles. The van der Waals surface area contributed by atoms with Crippen molar-refractivity contribution in [3.63, 3.8) is 0 Å². The van der Waals surface area contributed by atoms with Crippen molar-refractivity contribution in [1.29, 1.82) is 5.26 Å². The SMILES string of the molecule is COC(=O)N1CCc2c(c(N(C)c3ccc(C)c(C#N)c3)nn2C2CCOCC2)C1. The number of ether oxygens (including phenoxy) is 2. The number of amides is 1. The van der Waals surface area contributed by atoms with Crippen molar-refractivity contribution in [1.82, 2.24) is 14.7 Å². The number of carbonyl (C=O) groups is 1. The van der Waals surface area contributed by atoms with Crippen LogP contribution in [0.5, 0.6) is 0 Å². The Kier molecular flexibility index (Phi) is 5.64. The third kappa shape index (κ3) is 3.61. The lowest BCUT2D eigenvalue weighted by atomic mass is 10.0. The number of benzene rings is 1. The third-order valence-corrected chi connectivity index (χ3v) is 6.08. The maximum Gasteiger partial charge on any atom is 0.409 e. The fraction of sp³-hybridized carbons (Fsp3) is 0.500. The monoisotopic (exact) mass is 409 g/mol. The van der Waals surface area contributed by atoms with Crippen LogP contribution in [0.2, 0.25) is 0 Å². The molecule has 8 heteroatoms. The van der Waals surface area contributed by atoms with Gasteiger partial charge >= 0.3 is 6.09 Å². The number of hydrogen-bond acceptors (Lipinski definition) is 6. The van der Waals surface area contributed by atoms with E-state index >= 15 is 0 Å². The first-order valence-corrected chi connectivity index (χ1v) is 10.3. The average Bonchev–Trinajstić information content (AvgIpc) is 3.17. The van der Waals surface area contributed by atoms with Gasteiger partial charge in [0.05, 0.1) is 31.3 Å². The third-order valence-electron chi connectivity index (χ3n) is 6.08. The molecule has 1 amide bonds. The highest BCUT2D eigenvalue weighted by Crippen LogP contribution is 2.36. The molecule has 3 heterocycles. The van der Waals surface area contributed by atoms with Crippen molar-refractivity contribution < 1.29 is 14.3 Å². The predicted molar refractivity (Wildman–Crippen MR) is 112 cm³/mol. The Labute approximate surface area is 176 Å². The summed E-state index contributed by atoms with van der Waals surface area (Å²) in [6, 6.07) is 8.39. The van der Waals surface area contributed by atoms with Crippen LogP contribution in [0.15, 0.2) is 18.2 Å². The van der Waals surface area contributed by atoms with Crippen LogP contribution in [0.25, 0.3) is 0 Å². The smallest absolute Gasteiger partial charge is 0.409 e. The number of aryl methyl sites for hydroxylation is 1. The van der Waals surface area contributed by atoms with Crippen molar-refractivity contribution in [2.75, 3.05) is 38.8 Å². The first kappa shape index (κ1) is 20.2. The van der Waals surface area contributed by atoms with E-state index in [4.69, 9.17) is 14.6 Å². The van der Waals surface area contributed by atoms with E-state index in [1.165, 1.54) is 12.8 Å². The minimum Gasteiger partial charge on any atom is -0.453 e. The lowest BCUT2D eigenvalue weighted by Crippen LogP contribution is -2.37. The molecule has 0 aliphatic carbocycles. The van der Waals surface area contributed by atoms with Crippen molar-refractivity contribution in [2.24, 2.45) is 0 Å². The molecule has 1 aromatic heterocycles. The van der Waals surface area contributed by atoms with Gasteiger partial charge in [-0.1, -0.05) is 6.07 Å².